The second-order valence-corrected chi connectivity index (χ2v) is 15.7. The number of nitriles is 2. The van der Waals surface area contributed by atoms with E-state index in [0.29, 0.717) is 48.1 Å². The molecule has 1 saturated heterocycles. The number of urea groups is 2. The van der Waals surface area contributed by atoms with Crippen LogP contribution in [0.3, 0.4) is 0 Å². The van der Waals surface area contributed by atoms with Crippen LogP contribution in [0.4, 0.5) is 21.0 Å². The first-order chi connectivity index (χ1) is 29.1. The highest BCUT2D eigenvalue weighted by molar-refractivity contribution is 6.31. The van der Waals surface area contributed by atoms with Crippen molar-refractivity contribution in [1.29, 1.82) is 10.5 Å². The first-order valence-electron chi connectivity index (χ1n) is 19.6. The molecule has 1 aliphatic heterocycles. The minimum absolute atomic E-state index is 0.0936. The summed E-state index contributed by atoms with van der Waals surface area (Å²) in [5.41, 5.74) is 6.26. The number of rotatable bonds is 11. The maximum Gasteiger partial charge on any atom is 0.330 e. The van der Waals surface area contributed by atoms with Crippen LogP contribution in [0.1, 0.15) is 52.1 Å². The van der Waals surface area contributed by atoms with E-state index >= 15 is 0 Å². The molecule has 61 heavy (non-hydrogen) atoms. The van der Waals surface area contributed by atoms with Crippen LogP contribution in [0.15, 0.2) is 91.0 Å². The van der Waals surface area contributed by atoms with Gasteiger partial charge in [0.1, 0.15) is 6.29 Å². The topological polar surface area (TPSA) is 144 Å². The van der Waals surface area contributed by atoms with Crippen molar-refractivity contribution in [2.45, 2.75) is 32.6 Å². The molecule has 0 aromatic heterocycles. The Morgan fingerprint density at radius 1 is 0.869 bits per heavy atom. The molecular weight excluding hydrogens is 788 g/mol. The van der Waals surface area contributed by atoms with E-state index < -0.39 is 11.9 Å². The highest BCUT2D eigenvalue weighted by atomic mass is 35.5. The molecule has 0 saturated carbocycles. The minimum atomic E-state index is -0.562. The number of amides is 5. The number of hydrogen-bond donors (Lipinski definition) is 1. The fourth-order valence-corrected chi connectivity index (χ4v) is 7.55. The lowest BCUT2D eigenvalue weighted by Gasteiger charge is -2.30. The van der Waals surface area contributed by atoms with Gasteiger partial charge in [-0.25, -0.2) is 14.5 Å². The first-order valence-corrected chi connectivity index (χ1v) is 20.0. The van der Waals surface area contributed by atoms with Crippen molar-refractivity contribution in [3.05, 3.63) is 129 Å². The van der Waals surface area contributed by atoms with Gasteiger partial charge in [-0.05, 0) is 97.7 Å². The molecule has 0 radical (unpaired) electrons. The van der Waals surface area contributed by atoms with Crippen molar-refractivity contribution >= 4 is 47.2 Å². The quantitative estimate of drug-likeness (QED) is 0.120. The Hall–Kier alpha value is -6.49. The molecular formula is C48H55ClN8O4. The van der Waals surface area contributed by atoms with E-state index in [1.165, 1.54) is 9.80 Å². The van der Waals surface area contributed by atoms with Gasteiger partial charge in [0.05, 0.1) is 41.5 Å². The fraction of sp³-hybridized carbons (Fsp3) is 0.333. The van der Waals surface area contributed by atoms with Gasteiger partial charge in [-0.1, -0.05) is 54.9 Å². The smallest absolute Gasteiger partial charge is 0.330 e. The summed E-state index contributed by atoms with van der Waals surface area (Å²) < 4.78 is 0. The SMILES string of the molecule is C#C.CNC(=O)N(C)c1cccc(C)c1.Cc1cc(Cl)cc(N(C(=O)[C@H]2CN(CN(C)C[C@@H](c3ccc(C#N)cc3)[C@H](C)C=O)C[C@H]2c2ccc(C#N)cc2)C(=O)N(C)C)c1. The Bertz CT molecular complexity index is 2210. The second-order valence-electron chi connectivity index (χ2n) is 15.3. The average Bonchev–Trinajstić information content (AvgIpc) is 3.68. The van der Waals surface area contributed by atoms with Crippen LogP contribution in [0, 0.1) is 61.2 Å². The Kier molecular flexibility index (Phi) is 18.7. The van der Waals surface area contributed by atoms with Crippen molar-refractivity contribution < 1.29 is 19.2 Å². The molecule has 5 rings (SSSR count). The summed E-state index contributed by atoms with van der Waals surface area (Å²) in [5.74, 6) is -1.47. The predicted octanol–water partition coefficient (Wildman–Crippen LogP) is 7.65. The van der Waals surface area contributed by atoms with Gasteiger partial charge >= 0.3 is 12.1 Å². The van der Waals surface area contributed by atoms with E-state index in [1.54, 1.807) is 75.6 Å². The molecule has 5 amide bonds. The number of likely N-dealkylation sites (N-methyl/N-ethyl adjacent to an activating group) is 1. The number of imide groups is 1. The summed E-state index contributed by atoms with van der Waals surface area (Å²) in [4.78, 5) is 59.6. The van der Waals surface area contributed by atoms with Gasteiger partial charge in [-0.15, -0.1) is 12.8 Å². The number of benzene rings is 4. The van der Waals surface area contributed by atoms with E-state index in [-0.39, 0.29) is 29.7 Å². The molecule has 1 fully saturated rings. The van der Waals surface area contributed by atoms with E-state index in [4.69, 9.17) is 11.6 Å². The Balaban J connectivity index is 0.000000560. The summed E-state index contributed by atoms with van der Waals surface area (Å²) >= 11 is 6.37. The van der Waals surface area contributed by atoms with Gasteiger partial charge in [-0.2, -0.15) is 10.5 Å². The molecule has 4 atom stereocenters. The molecule has 0 bridgehead atoms. The van der Waals surface area contributed by atoms with E-state index in [2.05, 4.69) is 40.1 Å². The molecule has 1 heterocycles. The molecule has 12 nitrogen and oxygen atoms in total. The maximum atomic E-state index is 14.5. The first kappa shape index (κ1) is 48.9. The normalized spacial score (nSPS) is 15.2. The third-order valence-electron chi connectivity index (χ3n) is 10.4. The van der Waals surface area contributed by atoms with Gasteiger partial charge in [0.25, 0.3) is 0 Å². The Morgan fingerprint density at radius 3 is 1.98 bits per heavy atom. The van der Waals surface area contributed by atoms with Gasteiger partial charge < -0.3 is 15.0 Å². The Labute approximate surface area is 365 Å². The van der Waals surface area contributed by atoms with Crippen LogP contribution in [-0.4, -0.2) is 100 Å². The lowest BCUT2D eigenvalue weighted by molar-refractivity contribution is -0.121. The number of terminal acetylenes is 1. The average molecular weight is 843 g/mol. The molecule has 4 aromatic rings. The summed E-state index contributed by atoms with van der Waals surface area (Å²) in [6.45, 7) is 7.80. The van der Waals surface area contributed by atoms with E-state index in [1.807, 2.05) is 76.3 Å². The molecule has 1 aliphatic rings. The third-order valence-corrected chi connectivity index (χ3v) is 10.7. The Morgan fingerprint density at radius 2 is 1.46 bits per heavy atom. The summed E-state index contributed by atoms with van der Waals surface area (Å²) in [7, 11) is 8.57. The number of carbonyl (C=O) groups is 4. The van der Waals surface area contributed by atoms with Crippen LogP contribution in [0.25, 0.3) is 0 Å². The molecule has 0 unspecified atom stereocenters. The number of halogens is 1. The summed E-state index contributed by atoms with van der Waals surface area (Å²) in [5, 5.41) is 21.6. The van der Waals surface area contributed by atoms with Crippen molar-refractivity contribution in [3.63, 3.8) is 0 Å². The zero-order valence-electron chi connectivity index (χ0n) is 36.2. The highest BCUT2D eigenvalue weighted by Gasteiger charge is 2.43. The molecule has 4 aromatic carbocycles. The molecule has 0 aliphatic carbocycles. The number of aryl methyl sites for hydroxylation is 2. The fourth-order valence-electron chi connectivity index (χ4n) is 7.27. The minimum Gasteiger partial charge on any atom is -0.341 e. The number of nitrogens with one attached hydrogen (secondary N) is 1. The summed E-state index contributed by atoms with van der Waals surface area (Å²) in [6.07, 6.45) is 8.95. The number of hydrogen-bond acceptors (Lipinski definition) is 8. The van der Waals surface area contributed by atoms with Gasteiger partial charge in [-0.3, -0.25) is 19.5 Å². The molecule has 13 heteroatoms. The van der Waals surface area contributed by atoms with Crippen LogP contribution in [-0.2, 0) is 9.59 Å². The van der Waals surface area contributed by atoms with Crippen LogP contribution in [0.2, 0.25) is 5.02 Å². The standard InChI is InChI=1S/C36H39ClN6O3.C10H14N2O.C2H2/c1-24-14-30(37)16-31(15-24)43(36(46)40(3)4)35(45)34-21-42(20-33(34)29-12-8-27(18-39)9-13-29)23-41(5)19-32(25(2)22-44)28-10-6-26(17-38)7-11-28;1-8-5-4-6-9(7-8)12(3)10(13)11-2;1-2/h6-16,22,25,32-34H,19-21,23H2,1-5H3;4-7H,1-3H3,(H,11,13);1-2H/t25-,32-,33+,34+;;/m1../s1. The number of aldehydes is 1. The third kappa shape index (κ3) is 13.3. The lowest BCUT2D eigenvalue weighted by atomic mass is 9.87. The number of anilines is 2. The number of carbonyl (C=O) groups excluding carboxylic acids is 4. The summed E-state index contributed by atoms with van der Waals surface area (Å²) in [6, 6.07) is 31.3. The van der Waals surface area contributed by atoms with Crippen LogP contribution < -0.4 is 15.1 Å². The van der Waals surface area contributed by atoms with Crippen LogP contribution in [0.5, 0.6) is 0 Å². The second kappa shape index (κ2) is 23.3. The van der Waals surface area contributed by atoms with Crippen LogP contribution >= 0.6 is 11.6 Å². The predicted molar refractivity (Wildman–Crippen MR) is 242 cm³/mol. The zero-order chi connectivity index (χ0) is 45.4. The van der Waals surface area contributed by atoms with E-state index in [9.17, 15) is 29.7 Å². The van der Waals surface area contributed by atoms with Crippen molar-refractivity contribution in [3.8, 4) is 25.0 Å². The van der Waals surface area contributed by atoms with Gasteiger partial charge in [0, 0.05) is 76.3 Å². The van der Waals surface area contributed by atoms with Crippen molar-refractivity contribution in [1.82, 2.24) is 20.0 Å². The van der Waals surface area contributed by atoms with Gasteiger partial charge in [0.2, 0.25) is 5.91 Å². The largest absolute Gasteiger partial charge is 0.341 e. The zero-order valence-corrected chi connectivity index (χ0v) is 36.9. The number of likely N-dealkylation sites (tertiary alicyclic amines) is 1. The lowest BCUT2D eigenvalue weighted by Crippen LogP contribution is -2.47. The number of nitrogens with zero attached hydrogens (tertiary/aromatic N) is 7. The van der Waals surface area contributed by atoms with E-state index in [0.717, 1.165) is 34.2 Å². The monoisotopic (exact) mass is 842 g/mol. The van der Waals surface area contributed by atoms with Gasteiger partial charge in [0.15, 0.2) is 0 Å². The van der Waals surface area contributed by atoms with Crippen molar-refractivity contribution in [2.24, 2.45) is 11.8 Å². The molecule has 318 valence electrons. The highest BCUT2D eigenvalue weighted by Crippen LogP contribution is 2.37. The molecule has 0 spiro atoms. The molecule has 1 N–H and O–H groups in total. The maximum absolute atomic E-state index is 14.5. The van der Waals surface area contributed by atoms with Crippen molar-refractivity contribution in [2.75, 3.05) is 71.3 Å².